The van der Waals surface area contributed by atoms with Gasteiger partial charge in [-0.25, -0.2) is 8.42 Å². The highest BCUT2D eigenvalue weighted by Crippen LogP contribution is 2.30. The fraction of sp³-hybridized carbons (Fsp3) is 0.200. The zero-order chi connectivity index (χ0) is 13.1. The molecule has 0 aliphatic carbocycles. The Hall–Kier alpha value is -0.420. The number of halogens is 3. The van der Waals surface area contributed by atoms with Gasteiger partial charge in [0.1, 0.15) is 17.3 Å². The largest absolute Gasteiger partial charge is 0.488 e. The maximum absolute atomic E-state index is 11.3. The fourth-order valence-corrected chi connectivity index (χ4v) is 2.31. The van der Waals surface area contributed by atoms with Gasteiger partial charge in [-0.2, -0.15) is 0 Å². The third-order valence-electron chi connectivity index (χ3n) is 1.81. The molecule has 0 amide bonds. The molecule has 0 saturated heterocycles. The number of hydrogen-bond donors (Lipinski definition) is 0. The van der Waals surface area contributed by atoms with Crippen molar-refractivity contribution in [1.82, 2.24) is 0 Å². The van der Waals surface area contributed by atoms with Crippen LogP contribution in [0.25, 0.3) is 0 Å². The van der Waals surface area contributed by atoms with Crippen LogP contribution >= 0.6 is 33.9 Å². The summed E-state index contributed by atoms with van der Waals surface area (Å²) in [6, 6.07) is 4.19. The van der Waals surface area contributed by atoms with Gasteiger partial charge in [-0.05, 0) is 30.7 Å². The first-order valence-corrected chi connectivity index (χ1v) is 7.60. The zero-order valence-corrected chi connectivity index (χ0v) is 11.9. The molecule has 1 rings (SSSR count). The topological polar surface area (TPSA) is 43.4 Å². The first kappa shape index (κ1) is 14.6. The maximum atomic E-state index is 11.3. The highest BCUT2D eigenvalue weighted by Gasteiger charge is 2.17. The van der Waals surface area contributed by atoms with Gasteiger partial charge in [-0.1, -0.05) is 23.2 Å². The molecule has 0 spiro atoms. The Labute approximate surface area is 114 Å². The van der Waals surface area contributed by atoms with Crippen LogP contribution in [0.3, 0.4) is 0 Å². The average molecular weight is 316 g/mol. The normalized spacial score (nSPS) is 12.6. The van der Waals surface area contributed by atoms with Crippen molar-refractivity contribution in [2.45, 2.75) is 11.8 Å². The molecule has 0 radical (unpaired) electrons. The van der Waals surface area contributed by atoms with Crippen LogP contribution in [0, 0.1) is 0 Å². The predicted molar refractivity (Wildman–Crippen MR) is 69.6 cm³/mol. The van der Waals surface area contributed by atoms with Crippen molar-refractivity contribution in [2.75, 3.05) is 6.61 Å². The third-order valence-corrected chi connectivity index (χ3v) is 3.76. The molecule has 94 valence electrons. The van der Waals surface area contributed by atoms with E-state index in [1.54, 1.807) is 6.92 Å². The molecule has 0 saturated carbocycles. The molecule has 1 aromatic rings. The van der Waals surface area contributed by atoms with Crippen molar-refractivity contribution < 1.29 is 13.2 Å². The predicted octanol–water partition coefficient (Wildman–Crippen LogP) is 3.79. The Morgan fingerprint density at radius 3 is 2.65 bits per heavy atom. The van der Waals surface area contributed by atoms with Gasteiger partial charge in [0.25, 0.3) is 9.05 Å². The van der Waals surface area contributed by atoms with E-state index in [0.717, 1.165) is 5.57 Å². The summed E-state index contributed by atoms with van der Waals surface area (Å²) >= 11 is 11.2. The van der Waals surface area contributed by atoms with E-state index in [2.05, 4.69) is 0 Å². The number of benzene rings is 1. The van der Waals surface area contributed by atoms with E-state index in [9.17, 15) is 8.42 Å². The van der Waals surface area contributed by atoms with Crippen LogP contribution in [0.5, 0.6) is 5.75 Å². The van der Waals surface area contributed by atoms with Crippen LogP contribution < -0.4 is 4.74 Å². The van der Waals surface area contributed by atoms with Crippen molar-refractivity contribution >= 4 is 42.9 Å². The Balaban J connectivity index is 3.08. The molecule has 0 aliphatic heterocycles. The Bertz CT molecular complexity index is 538. The van der Waals surface area contributed by atoms with Crippen molar-refractivity contribution in [2.24, 2.45) is 0 Å². The monoisotopic (exact) mass is 314 g/mol. The molecule has 3 nitrogen and oxygen atoms in total. The van der Waals surface area contributed by atoms with Crippen LogP contribution in [-0.4, -0.2) is 15.0 Å². The van der Waals surface area contributed by atoms with Gasteiger partial charge < -0.3 is 4.74 Å². The number of ether oxygens (including phenoxy) is 1. The van der Waals surface area contributed by atoms with Crippen LogP contribution in [0.4, 0.5) is 0 Å². The fourth-order valence-electron chi connectivity index (χ4n) is 1.01. The molecule has 0 N–H and O–H groups in total. The van der Waals surface area contributed by atoms with E-state index < -0.39 is 9.05 Å². The molecule has 0 atom stereocenters. The van der Waals surface area contributed by atoms with E-state index in [4.69, 9.17) is 38.6 Å². The highest BCUT2D eigenvalue weighted by molar-refractivity contribution is 8.13. The molecule has 0 unspecified atom stereocenters. The average Bonchev–Trinajstić information content (AvgIpc) is 2.25. The van der Waals surface area contributed by atoms with Gasteiger partial charge >= 0.3 is 0 Å². The molecule has 1 aromatic carbocycles. The van der Waals surface area contributed by atoms with Gasteiger partial charge in [0.05, 0.1) is 0 Å². The molecule has 0 heterocycles. The quantitative estimate of drug-likeness (QED) is 0.794. The molecule has 0 aliphatic rings. The van der Waals surface area contributed by atoms with Crippen LogP contribution in [-0.2, 0) is 9.05 Å². The van der Waals surface area contributed by atoms with Crippen LogP contribution in [0.2, 0.25) is 5.02 Å². The Kier molecular flexibility index (Phi) is 5.13. The van der Waals surface area contributed by atoms with E-state index in [1.165, 1.54) is 23.7 Å². The standard InChI is InChI=1S/C10H9Cl3O3S/c1-7(5-11)6-16-9-3-2-8(12)4-10(9)17(13,14)15/h2-5H,6H2,1H3/b7-5-. The second-order valence-corrected chi connectivity index (χ2v) is 6.46. The lowest BCUT2D eigenvalue weighted by Crippen LogP contribution is -2.02. The van der Waals surface area contributed by atoms with Gasteiger partial charge in [0.15, 0.2) is 0 Å². The van der Waals surface area contributed by atoms with E-state index in [-0.39, 0.29) is 22.3 Å². The molecule has 17 heavy (non-hydrogen) atoms. The Morgan fingerprint density at radius 2 is 2.12 bits per heavy atom. The van der Waals surface area contributed by atoms with Gasteiger partial charge in [0, 0.05) is 21.2 Å². The molecular formula is C10H9Cl3O3S. The molecule has 0 aromatic heterocycles. The molecule has 0 fully saturated rings. The minimum atomic E-state index is -3.90. The zero-order valence-electron chi connectivity index (χ0n) is 8.78. The summed E-state index contributed by atoms with van der Waals surface area (Å²) in [5, 5.41) is 0.265. The highest BCUT2D eigenvalue weighted by atomic mass is 35.7. The summed E-state index contributed by atoms with van der Waals surface area (Å²) in [6.07, 6.45) is 0. The third kappa shape index (κ3) is 4.39. The number of hydrogen-bond acceptors (Lipinski definition) is 3. The minimum absolute atomic E-state index is 0.141. The first-order valence-electron chi connectivity index (χ1n) is 4.47. The summed E-state index contributed by atoms with van der Waals surface area (Å²) in [5.41, 5.74) is 2.10. The maximum Gasteiger partial charge on any atom is 0.265 e. The van der Waals surface area contributed by atoms with Crippen molar-refractivity contribution in [3.63, 3.8) is 0 Å². The first-order chi connectivity index (χ1) is 7.84. The minimum Gasteiger partial charge on any atom is -0.488 e. The van der Waals surface area contributed by atoms with E-state index >= 15 is 0 Å². The van der Waals surface area contributed by atoms with Crippen LogP contribution in [0.15, 0.2) is 34.2 Å². The summed E-state index contributed by atoms with van der Waals surface area (Å²) in [6.45, 7) is 1.92. The smallest absolute Gasteiger partial charge is 0.265 e. The summed E-state index contributed by atoms with van der Waals surface area (Å²) in [5.74, 6) is 0.141. The van der Waals surface area contributed by atoms with Crippen molar-refractivity contribution in [3.8, 4) is 5.75 Å². The van der Waals surface area contributed by atoms with Crippen molar-refractivity contribution in [1.29, 1.82) is 0 Å². The number of rotatable bonds is 4. The summed E-state index contributed by atoms with van der Waals surface area (Å²) in [7, 11) is 1.38. The molecular weight excluding hydrogens is 307 g/mol. The second-order valence-electron chi connectivity index (χ2n) is 3.27. The second kappa shape index (κ2) is 5.96. The van der Waals surface area contributed by atoms with Gasteiger partial charge in [-0.3, -0.25) is 0 Å². The summed E-state index contributed by atoms with van der Waals surface area (Å²) in [4.78, 5) is -0.158. The lowest BCUT2D eigenvalue weighted by molar-refractivity contribution is 0.343. The van der Waals surface area contributed by atoms with Crippen LogP contribution in [0.1, 0.15) is 6.92 Å². The Morgan fingerprint density at radius 1 is 1.47 bits per heavy atom. The van der Waals surface area contributed by atoms with E-state index in [0.29, 0.717) is 0 Å². The van der Waals surface area contributed by atoms with Crippen molar-refractivity contribution in [3.05, 3.63) is 34.3 Å². The lowest BCUT2D eigenvalue weighted by atomic mass is 10.3. The van der Waals surface area contributed by atoms with Gasteiger partial charge in [0.2, 0.25) is 0 Å². The SMILES string of the molecule is C/C(=C/Cl)COc1ccc(Cl)cc1S(=O)(=O)Cl. The lowest BCUT2D eigenvalue weighted by Gasteiger charge is -2.09. The summed E-state index contributed by atoms with van der Waals surface area (Å²) < 4.78 is 27.9. The molecule has 7 heteroatoms. The van der Waals surface area contributed by atoms with Gasteiger partial charge in [-0.15, -0.1) is 0 Å². The molecule has 0 bridgehead atoms. The van der Waals surface area contributed by atoms with E-state index in [1.807, 2.05) is 0 Å².